The maximum Gasteiger partial charge on any atom is 0.254 e. The van der Waals surface area contributed by atoms with Crippen LogP contribution in [0.4, 0.5) is 0 Å². The first-order chi connectivity index (χ1) is 9.61. The summed E-state index contributed by atoms with van der Waals surface area (Å²) >= 11 is 0. The van der Waals surface area contributed by atoms with Crippen molar-refractivity contribution in [2.45, 2.75) is 26.8 Å². The highest BCUT2D eigenvalue weighted by Gasteiger charge is 2.31. The van der Waals surface area contributed by atoms with Crippen LogP contribution in [0.5, 0.6) is 5.75 Å². The predicted molar refractivity (Wildman–Crippen MR) is 78.8 cm³/mol. The largest absolute Gasteiger partial charge is 0.494 e. The van der Waals surface area contributed by atoms with E-state index in [0.29, 0.717) is 25.0 Å². The normalized spacial score (nSPS) is 20.1. The Hall–Kier alpha value is -2.04. The van der Waals surface area contributed by atoms with Crippen molar-refractivity contribution < 1.29 is 9.53 Å². The monoisotopic (exact) mass is 275 g/mol. The summed E-state index contributed by atoms with van der Waals surface area (Å²) in [5, 5.41) is 5.89. The average molecular weight is 275 g/mol. The molecule has 1 amide bonds. The molecule has 5 nitrogen and oxygen atoms in total. The molecule has 2 rings (SSSR count). The van der Waals surface area contributed by atoms with Crippen LogP contribution >= 0.6 is 0 Å². The van der Waals surface area contributed by atoms with Crippen LogP contribution < -0.4 is 15.4 Å². The molecule has 1 aromatic rings. The molecule has 1 aromatic carbocycles. The van der Waals surface area contributed by atoms with Crippen LogP contribution in [0.1, 0.15) is 32.4 Å². The third-order valence-corrected chi connectivity index (χ3v) is 2.93. The number of rotatable bonds is 5. The zero-order chi connectivity index (χ0) is 14.5. The molecule has 1 fully saturated rings. The van der Waals surface area contributed by atoms with Crippen LogP contribution in [-0.2, 0) is 4.79 Å². The first kappa shape index (κ1) is 14.4. The van der Waals surface area contributed by atoms with Gasteiger partial charge in [-0.1, -0.05) is 32.0 Å². The van der Waals surface area contributed by atoms with E-state index in [2.05, 4.69) is 29.5 Å². The van der Waals surface area contributed by atoms with Crippen molar-refractivity contribution in [3.05, 3.63) is 29.8 Å². The van der Waals surface area contributed by atoms with E-state index < -0.39 is 6.04 Å². The molecule has 1 unspecified atom stereocenters. The van der Waals surface area contributed by atoms with E-state index >= 15 is 0 Å². The molecule has 108 valence electrons. The van der Waals surface area contributed by atoms with Gasteiger partial charge in [-0.15, -0.1) is 0 Å². The molecule has 1 aliphatic rings. The van der Waals surface area contributed by atoms with Gasteiger partial charge in [0.2, 0.25) is 0 Å². The standard InChI is InChI=1S/C15H21N3O2/c1-4-20-12-8-6-5-7-11(12)13-14(19)18-15(17-13)16-9-10(2)3/h5-8,10,13H,4,9H2,1-3H3,(H2,16,17,18,19). The fourth-order valence-electron chi connectivity index (χ4n) is 2.01. The molecular formula is C15H21N3O2. The highest BCUT2D eigenvalue weighted by molar-refractivity contribution is 6.07. The molecule has 1 aliphatic heterocycles. The second-order valence-corrected chi connectivity index (χ2v) is 5.12. The fourth-order valence-corrected chi connectivity index (χ4v) is 2.01. The summed E-state index contributed by atoms with van der Waals surface area (Å²) in [5.41, 5.74) is 0.835. The predicted octanol–water partition coefficient (Wildman–Crippen LogP) is 1.86. The summed E-state index contributed by atoms with van der Waals surface area (Å²) in [7, 11) is 0. The Kier molecular flexibility index (Phi) is 4.61. The molecule has 0 bridgehead atoms. The third kappa shape index (κ3) is 3.29. The summed E-state index contributed by atoms with van der Waals surface area (Å²) in [6.45, 7) is 7.35. The van der Waals surface area contributed by atoms with Gasteiger partial charge in [0.05, 0.1) is 6.61 Å². The van der Waals surface area contributed by atoms with Crippen LogP contribution in [0.25, 0.3) is 0 Å². The number of para-hydroxylation sites is 1. The Bertz CT molecular complexity index is 512. The van der Waals surface area contributed by atoms with Gasteiger partial charge in [0.1, 0.15) is 11.8 Å². The lowest BCUT2D eigenvalue weighted by atomic mass is 10.1. The molecule has 0 radical (unpaired) electrons. The van der Waals surface area contributed by atoms with Crippen molar-refractivity contribution >= 4 is 11.9 Å². The van der Waals surface area contributed by atoms with Crippen molar-refractivity contribution in [3.63, 3.8) is 0 Å². The Balaban J connectivity index is 2.18. The number of amides is 1. The number of carbonyl (C=O) groups excluding carboxylic acids is 1. The summed E-state index contributed by atoms with van der Waals surface area (Å²) < 4.78 is 5.57. The smallest absolute Gasteiger partial charge is 0.254 e. The van der Waals surface area contributed by atoms with Gasteiger partial charge in [0.15, 0.2) is 5.96 Å². The molecule has 20 heavy (non-hydrogen) atoms. The Labute approximate surface area is 119 Å². The zero-order valence-corrected chi connectivity index (χ0v) is 12.1. The van der Waals surface area contributed by atoms with Crippen LogP contribution in [0.3, 0.4) is 0 Å². The number of aliphatic imine (C=N–C) groups is 1. The minimum absolute atomic E-state index is 0.0975. The molecule has 0 spiro atoms. The van der Waals surface area contributed by atoms with E-state index in [1.807, 2.05) is 31.2 Å². The number of nitrogens with one attached hydrogen (secondary N) is 2. The van der Waals surface area contributed by atoms with E-state index in [0.717, 1.165) is 11.3 Å². The van der Waals surface area contributed by atoms with Crippen molar-refractivity contribution in [1.82, 2.24) is 10.6 Å². The molecular weight excluding hydrogens is 254 g/mol. The summed E-state index contributed by atoms with van der Waals surface area (Å²) in [6.07, 6.45) is 0. The van der Waals surface area contributed by atoms with Crippen molar-refractivity contribution in [2.24, 2.45) is 10.9 Å². The van der Waals surface area contributed by atoms with Crippen LogP contribution in [0.2, 0.25) is 0 Å². The molecule has 0 aliphatic carbocycles. The second-order valence-electron chi connectivity index (χ2n) is 5.12. The van der Waals surface area contributed by atoms with Crippen molar-refractivity contribution in [2.75, 3.05) is 13.2 Å². The first-order valence-electron chi connectivity index (χ1n) is 6.95. The van der Waals surface area contributed by atoms with Gasteiger partial charge in [0, 0.05) is 12.1 Å². The lowest BCUT2D eigenvalue weighted by Crippen LogP contribution is -2.26. The molecule has 1 saturated heterocycles. The summed E-state index contributed by atoms with van der Waals surface area (Å²) in [6, 6.07) is 7.12. The van der Waals surface area contributed by atoms with Gasteiger partial charge in [0.25, 0.3) is 5.91 Å². The van der Waals surface area contributed by atoms with Crippen LogP contribution in [0, 0.1) is 5.92 Å². The highest BCUT2D eigenvalue weighted by Crippen LogP contribution is 2.26. The van der Waals surface area contributed by atoms with Crippen LogP contribution in [0.15, 0.2) is 29.3 Å². The lowest BCUT2D eigenvalue weighted by Gasteiger charge is -2.13. The third-order valence-electron chi connectivity index (χ3n) is 2.93. The quantitative estimate of drug-likeness (QED) is 0.862. The Morgan fingerprint density at radius 2 is 2.10 bits per heavy atom. The van der Waals surface area contributed by atoms with E-state index in [9.17, 15) is 4.79 Å². The molecule has 0 saturated carbocycles. The molecule has 0 aromatic heterocycles. The number of ether oxygens (including phenoxy) is 1. The Morgan fingerprint density at radius 3 is 2.80 bits per heavy atom. The summed E-state index contributed by atoms with van der Waals surface area (Å²) in [5.74, 6) is 1.63. The minimum atomic E-state index is -0.441. The summed E-state index contributed by atoms with van der Waals surface area (Å²) in [4.78, 5) is 16.4. The second kappa shape index (κ2) is 6.41. The van der Waals surface area contributed by atoms with E-state index in [4.69, 9.17) is 4.74 Å². The van der Waals surface area contributed by atoms with Gasteiger partial charge in [-0.05, 0) is 18.9 Å². The fraction of sp³-hybridized carbons (Fsp3) is 0.467. The van der Waals surface area contributed by atoms with Crippen molar-refractivity contribution in [1.29, 1.82) is 0 Å². The van der Waals surface area contributed by atoms with Gasteiger partial charge in [-0.2, -0.15) is 0 Å². The lowest BCUT2D eigenvalue weighted by molar-refractivity contribution is -0.120. The number of hydrogen-bond donors (Lipinski definition) is 2. The van der Waals surface area contributed by atoms with E-state index in [1.165, 1.54) is 0 Å². The number of carbonyl (C=O) groups is 1. The van der Waals surface area contributed by atoms with Gasteiger partial charge in [-0.3, -0.25) is 15.1 Å². The topological polar surface area (TPSA) is 62.7 Å². The molecule has 2 N–H and O–H groups in total. The zero-order valence-electron chi connectivity index (χ0n) is 12.1. The van der Waals surface area contributed by atoms with E-state index in [-0.39, 0.29) is 5.91 Å². The average Bonchev–Trinajstić information content (AvgIpc) is 2.79. The number of guanidine groups is 1. The minimum Gasteiger partial charge on any atom is -0.494 e. The maximum atomic E-state index is 12.1. The molecule has 1 heterocycles. The van der Waals surface area contributed by atoms with Gasteiger partial charge < -0.3 is 10.1 Å². The van der Waals surface area contributed by atoms with Crippen molar-refractivity contribution in [3.8, 4) is 5.75 Å². The van der Waals surface area contributed by atoms with Gasteiger partial charge in [-0.25, -0.2) is 0 Å². The molecule has 5 heteroatoms. The SMILES string of the molecule is CCOc1ccccc1C1NC(=NCC(C)C)NC1=O. The molecule has 1 atom stereocenters. The number of benzene rings is 1. The maximum absolute atomic E-state index is 12.1. The van der Waals surface area contributed by atoms with Crippen LogP contribution in [-0.4, -0.2) is 25.0 Å². The van der Waals surface area contributed by atoms with Gasteiger partial charge >= 0.3 is 0 Å². The van der Waals surface area contributed by atoms with E-state index in [1.54, 1.807) is 0 Å². The number of nitrogens with zero attached hydrogens (tertiary/aromatic N) is 1. The highest BCUT2D eigenvalue weighted by atomic mass is 16.5. The Morgan fingerprint density at radius 1 is 1.35 bits per heavy atom. The first-order valence-corrected chi connectivity index (χ1v) is 6.95. The number of hydrogen-bond acceptors (Lipinski definition) is 3.